The van der Waals surface area contributed by atoms with Crippen molar-refractivity contribution in [3.63, 3.8) is 0 Å². The van der Waals surface area contributed by atoms with E-state index >= 15 is 0 Å². The van der Waals surface area contributed by atoms with Crippen LogP contribution in [0.1, 0.15) is 46.5 Å². The van der Waals surface area contributed by atoms with E-state index in [4.69, 9.17) is 4.74 Å². The van der Waals surface area contributed by atoms with Gasteiger partial charge in [-0.1, -0.05) is 13.8 Å². The van der Waals surface area contributed by atoms with Gasteiger partial charge in [0.05, 0.1) is 5.60 Å². The lowest BCUT2D eigenvalue weighted by molar-refractivity contribution is -0.0888. The Hall–Kier alpha value is 0.270. The van der Waals surface area contributed by atoms with Gasteiger partial charge >= 0.3 is 0 Å². The van der Waals surface area contributed by atoms with Crippen LogP contribution in [0.25, 0.3) is 0 Å². The minimum atomic E-state index is 0.253. The van der Waals surface area contributed by atoms with E-state index in [9.17, 15) is 0 Å². The van der Waals surface area contributed by atoms with Crippen molar-refractivity contribution in [3.05, 3.63) is 0 Å². The van der Waals surface area contributed by atoms with Crippen LogP contribution < -0.4 is 5.32 Å². The van der Waals surface area contributed by atoms with Crippen LogP contribution in [0.5, 0.6) is 0 Å². The molecule has 0 aromatic rings. The first-order valence-electron chi connectivity index (χ1n) is 7.60. The second kappa shape index (κ2) is 6.62. The standard InChI is InChI=1S/C15H29NOS/c1-4-16-13(3)9-12(2)14-5-7-17-15(10-14)6-8-18-11-15/h12-14,16H,4-11H2,1-3H3. The van der Waals surface area contributed by atoms with Crippen LogP contribution >= 0.6 is 11.8 Å². The van der Waals surface area contributed by atoms with Gasteiger partial charge in [-0.2, -0.15) is 11.8 Å². The average molecular weight is 271 g/mol. The molecule has 1 spiro atoms. The Bertz CT molecular complexity index is 253. The monoisotopic (exact) mass is 271 g/mol. The highest BCUT2D eigenvalue weighted by atomic mass is 32.2. The van der Waals surface area contributed by atoms with Crippen molar-refractivity contribution >= 4 is 11.8 Å². The van der Waals surface area contributed by atoms with Crippen molar-refractivity contribution in [3.8, 4) is 0 Å². The van der Waals surface area contributed by atoms with Crippen LogP contribution in [0.4, 0.5) is 0 Å². The van der Waals surface area contributed by atoms with Crippen molar-refractivity contribution in [2.24, 2.45) is 11.8 Å². The SMILES string of the molecule is CCNC(C)CC(C)C1CCOC2(CCSC2)C1. The third-order valence-corrected chi connectivity index (χ3v) is 5.90. The molecule has 0 aliphatic carbocycles. The lowest BCUT2D eigenvalue weighted by Gasteiger charge is -2.40. The summed E-state index contributed by atoms with van der Waals surface area (Å²) in [5.41, 5.74) is 0.253. The first-order chi connectivity index (χ1) is 8.65. The van der Waals surface area contributed by atoms with Gasteiger partial charge in [-0.25, -0.2) is 0 Å². The summed E-state index contributed by atoms with van der Waals surface area (Å²) in [7, 11) is 0. The molecule has 0 aromatic carbocycles. The number of thioether (sulfide) groups is 1. The Morgan fingerprint density at radius 3 is 2.94 bits per heavy atom. The normalized spacial score (nSPS) is 35.8. The molecule has 2 rings (SSSR count). The molecular formula is C15H29NOS. The van der Waals surface area contributed by atoms with Gasteiger partial charge in [0, 0.05) is 18.4 Å². The third kappa shape index (κ3) is 3.64. The number of ether oxygens (including phenoxy) is 1. The lowest BCUT2D eigenvalue weighted by Crippen LogP contribution is -2.42. The maximum Gasteiger partial charge on any atom is 0.0783 e. The van der Waals surface area contributed by atoms with E-state index in [2.05, 4.69) is 37.8 Å². The minimum absolute atomic E-state index is 0.253. The number of hydrogen-bond donors (Lipinski definition) is 1. The van der Waals surface area contributed by atoms with Crippen molar-refractivity contribution in [1.82, 2.24) is 5.32 Å². The van der Waals surface area contributed by atoms with Crippen LogP contribution in [0.15, 0.2) is 0 Å². The smallest absolute Gasteiger partial charge is 0.0783 e. The average Bonchev–Trinajstić information content (AvgIpc) is 2.77. The third-order valence-electron chi connectivity index (χ3n) is 4.68. The predicted octanol–water partition coefficient (Wildman–Crippen LogP) is 3.31. The summed E-state index contributed by atoms with van der Waals surface area (Å²) in [6.07, 6.45) is 5.16. The Morgan fingerprint density at radius 2 is 2.28 bits per heavy atom. The zero-order chi connectivity index (χ0) is 13.0. The molecule has 106 valence electrons. The first kappa shape index (κ1) is 14.7. The molecule has 0 amide bonds. The molecule has 4 atom stereocenters. The fraction of sp³-hybridized carbons (Fsp3) is 1.00. The Labute approximate surface area is 117 Å². The molecule has 1 N–H and O–H groups in total. The van der Waals surface area contributed by atoms with E-state index in [1.165, 1.54) is 37.2 Å². The number of rotatable bonds is 5. The summed E-state index contributed by atoms with van der Waals surface area (Å²) in [6, 6.07) is 0.654. The fourth-order valence-corrected chi connectivity index (χ4v) is 4.97. The van der Waals surface area contributed by atoms with Crippen LogP contribution in [-0.2, 0) is 4.74 Å². The maximum absolute atomic E-state index is 6.12. The van der Waals surface area contributed by atoms with Crippen molar-refractivity contribution < 1.29 is 4.74 Å². The highest BCUT2D eigenvalue weighted by molar-refractivity contribution is 7.99. The van der Waals surface area contributed by atoms with Crippen LogP contribution in [0.3, 0.4) is 0 Å². The molecule has 0 bridgehead atoms. The molecule has 2 nitrogen and oxygen atoms in total. The molecule has 2 fully saturated rings. The summed E-state index contributed by atoms with van der Waals surface area (Å²) >= 11 is 2.08. The number of nitrogens with one attached hydrogen (secondary N) is 1. The van der Waals surface area contributed by atoms with Gasteiger partial charge in [0.2, 0.25) is 0 Å². The van der Waals surface area contributed by atoms with Gasteiger partial charge in [-0.05, 0) is 56.7 Å². The molecule has 0 saturated carbocycles. The number of hydrogen-bond acceptors (Lipinski definition) is 3. The van der Waals surface area contributed by atoms with Gasteiger partial charge in [0.15, 0.2) is 0 Å². The summed E-state index contributed by atoms with van der Waals surface area (Å²) < 4.78 is 6.12. The molecule has 2 aliphatic rings. The largest absolute Gasteiger partial charge is 0.374 e. The molecule has 2 aliphatic heterocycles. The van der Waals surface area contributed by atoms with E-state index in [0.717, 1.165) is 25.0 Å². The Kier molecular flexibility index (Phi) is 5.40. The minimum Gasteiger partial charge on any atom is -0.374 e. The van der Waals surface area contributed by atoms with Gasteiger partial charge in [-0.15, -0.1) is 0 Å². The second-order valence-corrected chi connectivity index (χ2v) is 7.36. The summed E-state index contributed by atoms with van der Waals surface area (Å²) in [5, 5.41) is 3.54. The topological polar surface area (TPSA) is 21.3 Å². The van der Waals surface area contributed by atoms with Crippen molar-refractivity contribution in [2.45, 2.75) is 58.1 Å². The quantitative estimate of drug-likeness (QED) is 0.829. The molecular weight excluding hydrogens is 242 g/mol. The Balaban J connectivity index is 1.84. The van der Waals surface area contributed by atoms with Crippen LogP contribution in [-0.4, -0.2) is 36.3 Å². The summed E-state index contributed by atoms with van der Waals surface area (Å²) in [6.45, 7) is 9.04. The van der Waals surface area contributed by atoms with Gasteiger partial charge in [0.25, 0.3) is 0 Å². The van der Waals surface area contributed by atoms with Crippen molar-refractivity contribution in [2.75, 3.05) is 24.7 Å². The van der Waals surface area contributed by atoms with Crippen molar-refractivity contribution in [1.29, 1.82) is 0 Å². The summed E-state index contributed by atoms with van der Waals surface area (Å²) in [5.74, 6) is 4.23. The first-order valence-corrected chi connectivity index (χ1v) is 8.76. The van der Waals surface area contributed by atoms with Crippen LogP contribution in [0, 0.1) is 11.8 Å². The van der Waals surface area contributed by atoms with Crippen LogP contribution in [0.2, 0.25) is 0 Å². The van der Waals surface area contributed by atoms with E-state index < -0.39 is 0 Å². The zero-order valence-corrected chi connectivity index (χ0v) is 13.0. The molecule has 0 radical (unpaired) electrons. The fourth-order valence-electron chi connectivity index (χ4n) is 3.60. The molecule has 4 unspecified atom stereocenters. The van der Waals surface area contributed by atoms with E-state index in [0.29, 0.717) is 6.04 Å². The molecule has 3 heteroatoms. The molecule has 0 aromatic heterocycles. The maximum atomic E-state index is 6.12. The van der Waals surface area contributed by atoms with E-state index in [-0.39, 0.29) is 5.60 Å². The second-order valence-electron chi connectivity index (χ2n) is 6.26. The van der Waals surface area contributed by atoms with Gasteiger partial charge < -0.3 is 10.1 Å². The van der Waals surface area contributed by atoms with E-state index in [1.54, 1.807) is 0 Å². The van der Waals surface area contributed by atoms with Gasteiger partial charge in [-0.3, -0.25) is 0 Å². The highest BCUT2D eigenvalue weighted by Gasteiger charge is 2.41. The highest BCUT2D eigenvalue weighted by Crippen LogP contribution is 2.43. The van der Waals surface area contributed by atoms with Gasteiger partial charge in [0.1, 0.15) is 0 Å². The molecule has 2 saturated heterocycles. The molecule has 2 heterocycles. The predicted molar refractivity (Wildman–Crippen MR) is 80.3 cm³/mol. The summed E-state index contributed by atoms with van der Waals surface area (Å²) in [4.78, 5) is 0. The zero-order valence-electron chi connectivity index (χ0n) is 12.2. The molecule has 18 heavy (non-hydrogen) atoms. The van der Waals surface area contributed by atoms with E-state index in [1.807, 2.05) is 0 Å². The lowest BCUT2D eigenvalue weighted by atomic mass is 9.77. The Morgan fingerprint density at radius 1 is 1.44 bits per heavy atom.